The molecule has 0 radical (unpaired) electrons. The van der Waals surface area contributed by atoms with E-state index in [9.17, 15) is 22.8 Å². The summed E-state index contributed by atoms with van der Waals surface area (Å²) >= 11 is 0. The molecule has 4 rings (SSSR count). The first-order valence-corrected chi connectivity index (χ1v) is 12.1. The fourth-order valence-corrected chi connectivity index (χ4v) is 6.29. The van der Waals surface area contributed by atoms with Crippen molar-refractivity contribution in [2.45, 2.75) is 32.6 Å². The Morgan fingerprint density at radius 1 is 1.00 bits per heavy atom. The van der Waals surface area contributed by atoms with E-state index in [1.54, 1.807) is 30.0 Å². The number of nitrogens with zero attached hydrogens (tertiary/aromatic N) is 2. The highest BCUT2D eigenvalue weighted by atomic mass is 32.2. The van der Waals surface area contributed by atoms with Crippen molar-refractivity contribution in [1.29, 1.82) is 0 Å². The third-order valence-electron chi connectivity index (χ3n) is 6.15. The Morgan fingerprint density at radius 2 is 1.58 bits per heavy atom. The largest absolute Gasteiger partial charge is 0.466 e. The monoisotopic (exact) mass is 446 g/mol. The molecule has 2 fully saturated rings. The molecule has 0 saturated carbocycles. The standard InChI is InChI=1S/C22H26N2O6S/c1-2-30-22(27)15-9-13-24(14-10-15)31(28,29)21-18(23-11-5-6-12-23)19(25)16-7-3-4-8-17(16)20(21)26/h3-4,7-8,15H,2,5-6,9-14H2,1H3. The van der Waals surface area contributed by atoms with Crippen LogP contribution in [0.2, 0.25) is 0 Å². The maximum Gasteiger partial charge on any atom is 0.309 e. The van der Waals surface area contributed by atoms with Crippen molar-refractivity contribution < 1.29 is 27.5 Å². The van der Waals surface area contributed by atoms with Crippen molar-refractivity contribution in [2.75, 3.05) is 32.8 Å². The lowest BCUT2D eigenvalue weighted by Crippen LogP contribution is -2.45. The van der Waals surface area contributed by atoms with Crippen LogP contribution in [-0.4, -0.2) is 67.9 Å². The van der Waals surface area contributed by atoms with Crippen LogP contribution in [0.4, 0.5) is 0 Å². The number of Topliss-reactive ketones (excluding diaryl/α,β-unsaturated/α-hetero) is 2. The summed E-state index contributed by atoms with van der Waals surface area (Å²) in [6.07, 6.45) is 2.32. The van der Waals surface area contributed by atoms with Gasteiger partial charge in [0.25, 0.3) is 0 Å². The third-order valence-corrected chi connectivity index (χ3v) is 8.09. The molecule has 0 amide bonds. The third kappa shape index (κ3) is 3.80. The minimum atomic E-state index is -4.21. The van der Waals surface area contributed by atoms with Gasteiger partial charge in [-0.15, -0.1) is 0 Å². The zero-order chi connectivity index (χ0) is 22.2. The van der Waals surface area contributed by atoms with Crippen molar-refractivity contribution in [2.24, 2.45) is 5.92 Å². The number of carbonyl (C=O) groups is 3. The molecule has 0 N–H and O–H groups in total. The van der Waals surface area contributed by atoms with E-state index >= 15 is 0 Å². The predicted octanol–water partition coefficient (Wildman–Crippen LogP) is 1.98. The SMILES string of the molecule is CCOC(=O)C1CCN(S(=O)(=O)C2=C(N3CCCC3)C(=O)c3ccccc3C2=O)CC1. The molecular formula is C22H26N2O6S. The summed E-state index contributed by atoms with van der Waals surface area (Å²) in [5.74, 6) is -1.74. The summed E-state index contributed by atoms with van der Waals surface area (Å²) in [4.78, 5) is 40.0. The van der Waals surface area contributed by atoms with Crippen LogP contribution in [0.1, 0.15) is 53.3 Å². The van der Waals surface area contributed by atoms with Gasteiger partial charge in [-0.05, 0) is 32.6 Å². The number of likely N-dealkylation sites (tertiary alicyclic amines) is 1. The van der Waals surface area contributed by atoms with Crippen LogP contribution in [0, 0.1) is 5.92 Å². The number of ketones is 2. The minimum Gasteiger partial charge on any atom is -0.466 e. The summed E-state index contributed by atoms with van der Waals surface area (Å²) in [6.45, 7) is 3.30. The molecule has 2 aliphatic heterocycles. The highest BCUT2D eigenvalue weighted by Gasteiger charge is 2.45. The number of piperidine rings is 1. The molecule has 0 atom stereocenters. The van der Waals surface area contributed by atoms with Crippen LogP contribution in [-0.2, 0) is 19.6 Å². The van der Waals surface area contributed by atoms with Crippen molar-refractivity contribution >= 4 is 27.6 Å². The van der Waals surface area contributed by atoms with Crippen LogP contribution in [0.3, 0.4) is 0 Å². The van der Waals surface area contributed by atoms with Gasteiger partial charge in [0.2, 0.25) is 21.6 Å². The molecule has 1 aliphatic carbocycles. The van der Waals surface area contributed by atoms with Crippen molar-refractivity contribution in [3.63, 3.8) is 0 Å². The summed E-state index contributed by atoms with van der Waals surface area (Å²) in [6, 6.07) is 6.36. The molecule has 1 aromatic rings. The first kappa shape index (κ1) is 21.7. The quantitative estimate of drug-likeness (QED) is 0.638. The van der Waals surface area contributed by atoms with E-state index in [1.807, 2.05) is 0 Å². The van der Waals surface area contributed by atoms with Gasteiger partial charge in [0.1, 0.15) is 5.70 Å². The van der Waals surface area contributed by atoms with Crippen LogP contribution in [0.25, 0.3) is 0 Å². The first-order chi connectivity index (χ1) is 14.9. The number of hydrogen-bond donors (Lipinski definition) is 0. The van der Waals surface area contributed by atoms with Gasteiger partial charge in [0.05, 0.1) is 12.5 Å². The molecule has 0 aromatic heterocycles. The molecule has 0 spiro atoms. The molecular weight excluding hydrogens is 420 g/mol. The molecule has 1 aromatic carbocycles. The van der Waals surface area contributed by atoms with Crippen molar-refractivity contribution in [3.05, 3.63) is 46.0 Å². The van der Waals surface area contributed by atoms with Gasteiger partial charge in [-0.25, -0.2) is 8.42 Å². The Morgan fingerprint density at radius 3 is 2.16 bits per heavy atom. The van der Waals surface area contributed by atoms with Crippen molar-refractivity contribution in [3.8, 4) is 0 Å². The van der Waals surface area contributed by atoms with Gasteiger partial charge in [-0.1, -0.05) is 24.3 Å². The summed E-state index contributed by atoms with van der Waals surface area (Å²) < 4.78 is 33.5. The van der Waals surface area contributed by atoms with E-state index in [2.05, 4.69) is 0 Å². The highest BCUT2D eigenvalue weighted by Crippen LogP contribution is 2.35. The number of hydrogen-bond acceptors (Lipinski definition) is 7. The van der Waals surface area contributed by atoms with Gasteiger partial charge < -0.3 is 9.64 Å². The molecule has 3 aliphatic rings. The highest BCUT2D eigenvalue weighted by molar-refractivity contribution is 7.94. The molecule has 2 heterocycles. The maximum atomic E-state index is 13.6. The zero-order valence-corrected chi connectivity index (χ0v) is 18.3. The van der Waals surface area contributed by atoms with E-state index in [4.69, 9.17) is 4.74 Å². The van der Waals surface area contributed by atoms with Crippen LogP contribution in [0.15, 0.2) is 34.9 Å². The average molecular weight is 447 g/mol. The Kier molecular flexibility index (Phi) is 5.98. The minimum absolute atomic E-state index is 0.00582. The van der Waals surface area contributed by atoms with Gasteiger partial charge in [-0.3, -0.25) is 14.4 Å². The number of fused-ring (bicyclic) bond motifs is 1. The van der Waals surface area contributed by atoms with Gasteiger partial charge >= 0.3 is 5.97 Å². The number of sulfonamides is 1. The fourth-order valence-electron chi connectivity index (χ4n) is 4.53. The van der Waals surface area contributed by atoms with Gasteiger partial charge in [0, 0.05) is 37.3 Å². The molecule has 8 nitrogen and oxygen atoms in total. The lowest BCUT2D eigenvalue weighted by molar-refractivity contribution is -0.149. The molecule has 0 unspecified atom stereocenters. The zero-order valence-electron chi connectivity index (χ0n) is 17.5. The van der Waals surface area contributed by atoms with Crippen LogP contribution < -0.4 is 0 Å². The first-order valence-electron chi connectivity index (χ1n) is 10.7. The van der Waals surface area contributed by atoms with E-state index in [-0.39, 0.29) is 48.4 Å². The Bertz CT molecular complexity index is 1050. The Labute approximate surface area is 181 Å². The Hall–Kier alpha value is -2.52. The molecule has 31 heavy (non-hydrogen) atoms. The van der Waals surface area contributed by atoms with Crippen LogP contribution >= 0.6 is 0 Å². The topological polar surface area (TPSA) is 101 Å². The number of benzene rings is 1. The molecule has 0 bridgehead atoms. The summed E-state index contributed by atoms with van der Waals surface area (Å²) in [5.41, 5.74) is 0.360. The van der Waals surface area contributed by atoms with Crippen molar-refractivity contribution in [1.82, 2.24) is 9.21 Å². The molecule has 9 heteroatoms. The number of allylic oxidation sites excluding steroid dienone is 2. The lowest BCUT2D eigenvalue weighted by atomic mass is 9.92. The second-order valence-electron chi connectivity index (χ2n) is 8.01. The van der Waals surface area contributed by atoms with Crippen LogP contribution in [0.5, 0.6) is 0 Å². The number of carbonyl (C=O) groups excluding carboxylic acids is 3. The summed E-state index contributed by atoms with van der Waals surface area (Å²) in [5, 5.41) is 0. The Balaban J connectivity index is 1.71. The van der Waals surface area contributed by atoms with E-state index in [0.717, 1.165) is 12.8 Å². The molecule has 2 saturated heterocycles. The lowest BCUT2D eigenvalue weighted by Gasteiger charge is -2.33. The van der Waals surface area contributed by atoms with Gasteiger partial charge in [-0.2, -0.15) is 4.31 Å². The normalized spacial score (nSPS) is 20.9. The van der Waals surface area contributed by atoms with E-state index in [1.165, 1.54) is 10.4 Å². The number of rotatable bonds is 5. The summed E-state index contributed by atoms with van der Waals surface area (Å²) in [7, 11) is -4.21. The molecule has 166 valence electrons. The fraction of sp³-hybridized carbons (Fsp3) is 0.500. The number of ether oxygens (including phenoxy) is 1. The van der Waals surface area contributed by atoms with E-state index < -0.39 is 26.5 Å². The second kappa shape index (κ2) is 8.55. The van der Waals surface area contributed by atoms with Gasteiger partial charge in [0.15, 0.2) is 4.91 Å². The van der Waals surface area contributed by atoms with E-state index in [0.29, 0.717) is 25.9 Å². The smallest absolute Gasteiger partial charge is 0.309 e. The average Bonchev–Trinajstić information content (AvgIpc) is 3.30. The second-order valence-corrected chi connectivity index (χ2v) is 9.88. The number of esters is 1. The maximum absolute atomic E-state index is 13.6. The predicted molar refractivity (Wildman–Crippen MR) is 113 cm³/mol.